The number of aryl methyl sites for hydroxylation is 1. The highest BCUT2D eigenvalue weighted by Crippen LogP contribution is 2.07. The van der Waals surface area contributed by atoms with Gasteiger partial charge in [0.1, 0.15) is 0 Å². The van der Waals surface area contributed by atoms with E-state index in [2.05, 4.69) is 26.7 Å². The molecule has 0 aliphatic heterocycles. The highest BCUT2D eigenvalue weighted by atomic mass is 32.1. The summed E-state index contributed by atoms with van der Waals surface area (Å²) in [5.74, 6) is 0. The van der Waals surface area contributed by atoms with Crippen LogP contribution in [0.15, 0.2) is 29.9 Å². The van der Waals surface area contributed by atoms with Gasteiger partial charge in [0.15, 0.2) is 0 Å². The SMILES string of the molecule is Cc1cnc(CNC(=O)NCCc2cccs2)cn1. The summed E-state index contributed by atoms with van der Waals surface area (Å²) in [4.78, 5) is 21.1. The monoisotopic (exact) mass is 276 g/mol. The first-order chi connectivity index (χ1) is 9.24. The highest BCUT2D eigenvalue weighted by molar-refractivity contribution is 7.09. The molecule has 2 N–H and O–H groups in total. The van der Waals surface area contributed by atoms with Crippen LogP contribution in [-0.2, 0) is 13.0 Å². The molecule has 0 atom stereocenters. The molecule has 2 rings (SSSR count). The Hall–Kier alpha value is -1.95. The summed E-state index contributed by atoms with van der Waals surface area (Å²) >= 11 is 1.70. The van der Waals surface area contributed by atoms with Gasteiger partial charge in [-0.3, -0.25) is 9.97 Å². The number of urea groups is 1. The maximum absolute atomic E-state index is 11.5. The molecule has 2 aromatic heterocycles. The Labute approximate surface area is 116 Å². The maximum atomic E-state index is 11.5. The lowest BCUT2D eigenvalue weighted by molar-refractivity contribution is 0.240. The van der Waals surface area contributed by atoms with Crippen molar-refractivity contribution in [1.29, 1.82) is 0 Å². The molecule has 0 aliphatic carbocycles. The van der Waals surface area contributed by atoms with E-state index < -0.39 is 0 Å². The van der Waals surface area contributed by atoms with Gasteiger partial charge in [0, 0.05) is 17.6 Å². The van der Waals surface area contributed by atoms with Crippen molar-refractivity contribution < 1.29 is 4.79 Å². The predicted molar refractivity (Wildman–Crippen MR) is 75.0 cm³/mol. The number of hydrogen-bond donors (Lipinski definition) is 2. The van der Waals surface area contributed by atoms with Gasteiger partial charge in [-0.05, 0) is 24.8 Å². The Balaban J connectivity index is 1.65. The van der Waals surface area contributed by atoms with Gasteiger partial charge in [0.05, 0.1) is 24.1 Å². The van der Waals surface area contributed by atoms with Gasteiger partial charge in [0.2, 0.25) is 0 Å². The highest BCUT2D eigenvalue weighted by Gasteiger charge is 2.01. The molecule has 2 heterocycles. The fraction of sp³-hybridized carbons (Fsp3) is 0.308. The van der Waals surface area contributed by atoms with E-state index in [0.29, 0.717) is 13.1 Å². The predicted octanol–water partition coefficient (Wildman–Crippen LogP) is 1.89. The summed E-state index contributed by atoms with van der Waals surface area (Å²) in [6.07, 6.45) is 4.21. The molecular formula is C13H16N4OS. The van der Waals surface area contributed by atoms with E-state index in [-0.39, 0.29) is 6.03 Å². The standard InChI is InChI=1S/C13H16N4OS/c1-10-7-16-11(8-15-10)9-17-13(18)14-5-4-12-3-2-6-19-12/h2-3,6-8H,4-5,9H2,1H3,(H2,14,17,18). The second-order valence-electron chi connectivity index (χ2n) is 4.09. The van der Waals surface area contributed by atoms with E-state index in [1.165, 1.54) is 4.88 Å². The fourth-order valence-corrected chi connectivity index (χ4v) is 2.21. The number of nitrogens with zero attached hydrogens (tertiary/aromatic N) is 2. The molecule has 0 bridgehead atoms. The summed E-state index contributed by atoms with van der Waals surface area (Å²) in [6.45, 7) is 2.89. The molecule has 0 aromatic carbocycles. The second kappa shape index (κ2) is 6.84. The number of carbonyl (C=O) groups is 1. The van der Waals surface area contributed by atoms with Crippen LogP contribution in [0, 0.1) is 6.92 Å². The van der Waals surface area contributed by atoms with Gasteiger partial charge in [-0.2, -0.15) is 0 Å². The maximum Gasteiger partial charge on any atom is 0.315 e. The molecule has 6 heteroatoms. The van der Waals surface area contributed by atoms with Crippen LogP contribution in [0.1, 0.15) is 16.3 Å². The first kappa shape index (κ1) is 13.5. The molecule has 2 aromatic rings. The van der Waals surface area contributed by atoms with Crippen LogP contribution >= 0.6 is 11.3 Å². The average molecular weight is 276 g/mol. The number of thiophene rings is 1. The largest absolute Gasteiger partial charge is 0.338 e. The van der Waals surface area contributed by atoms with E-state index in [0.717, 1.165) is 17.8 Å². The van der Waals surface area contributed by atoms with Crippen LogP contribution in [0.2, 0.25) is 0 Å². The smallest absolute Gasteiger partial charge is 0.315 e. The summed E-state index contributed by atoms with van der Waals surface area (Å²) < 4.78 is 0. The van der Waals surface area contributed by atoms with Gasteiger partial charge in [0.25, 0.3) is 0 Å². The summed E-state index contributed by atoms with van der Waals surface area (Å²) in [5, 5.41) is 7.59. The Kier molecular flexibility index (Phi) is 4.85. The molecule has 0 aliphatic rings. The number of amides is 2. The molecule has 19 heavy (non-hydrogen) atoms. The van der Waals surface area contributed by atoms with Crippen molar-refractivity contribution in [1.82, 2.24) is 20.6 Å². The number of rotatable bonds is 5. The Morgan fingerprint density at radius 3 is 2.89 bits per heavy atom. The second-order valence-corrected chi connectivity index (χ2v) is 5.12. The van der Waals surface area contributed by atoms with Crippen molar-refractivity contribution in [2.45, 2.75) is 19.9 Å². The van der Waals surface area contributed by atoms with Crippen molar-refractivity contribution in [3.63, 3.8) is 0 Å². The van der Waals surface area contributed by atoms with Gasteiger partial charge in [-0.25, -0.2) is 4.79 Å². The Morgan fingerprint density at radius 1 is 1.32 bits per heavy atom. The molecule has 0 saturated carbocycles. The van der Waals surface area contributed by atoms with Crippen LogP contribution < -0.4 is 10.6 Å². The molecule has 5 nitrogen and oxygen atoms in total. The normalized spacial score (nSPS) is 10.2. The first-order valence-corrected chi connectivity index (χ1v) is 6.93. The summed E-state index contributed by atoms with van der Waals surface area (Å²) in [7, 11) is 0. The summed E-state index contributed by atoms with van der Waals surface area (Å²) in [6, 6.07) is 3.89. The number of nitrogens with one attached hydrogen (secondary N) is 2. The number of hydrogen-bond acceptors (Lipinski definition) is 4. The first-order valence-electron chi connectivity index (χ1n) is 6.05. The van der Waals surface area contributed by atoms with Crippen LogP contribution in [0.5, 0.6) is 0 Å². The van der Waals surface area contributed by atoms with E-state index >= 15 is 0 Å². The zero-order chi connectivity index (χ0) is 13.5. The van der Waals surface area contributed by atoms with E-state index in [1.807, 2.05) is 18.4 Å². The van der Waals surface area contributed by atoms with Crippen molar-refractivity contribution >= 4 is 17.4 Å². The third-order valence-electron chi connectivity index (χ3n) is 2.50. The molecule has 0 radical (unpaired) electrons. The molecule has 0 spiro atoms. The zero-order valence-corrected chi connectivity index (χ0v) is 11.5. The van der Waals surface area contributed by atoms with Gasteiger partial charge < -0.3 is 10.6 Å². The Bertz CT molecular complexity index is 510. The van der Waals surface area contributed by atoms with Crippen LogP contribution in [0.4, 0.5) is 4.79 Å². The third kappa shape index (κ3) is 4.67. The lowest BCUT2D eigenvalue weighted by Gasteiger charge is -2.06. The number of aromatic nitrogens is 2. The Morgan fingerprint density at radius 2 is 2.21 bits per heavy atom. The molecule has 0 fully saturated rings. The fourth-order valence-electron chi connectivity index (χ4n) is 1.50. The lowest BCUT2D eigenvalue weighted by atomic mass is 10.3. The van der Waals surface area contributed by atoms with E-state index in [1.54, 1.807) is 23.7 Å². The molecule has 100 valence electrons. The van der Waals surface area contributed by atoms with Crippen LogP contribution in [0.3, 0.4) is 0 Å². The van der Waals surface area contributed by atoms with E-state index in [4.69, 9.17) is 0 Å². The zero-order valence-electron chi connectivity index (χ0n) is 10.7. The van der Waals surface area contributed by atoms with Gasteiger partial charge in [-0.1, -0.05) is 6.07 Å². The van der Waals surface area contributed by atoms with E-state index in [9.17, 15) is 4.79 Å². The molecular weight excluding hydrogens is 260 g/mol. The van der Waals surface area contributed by atoms with Gasteiger partial charge >= 0.3 is 6.03 Å². The van der Waals surface area contributed by atoms with Crippen LogP contribution in [-0.4, -0.2) is 22.5 Å². The minimum atomic E-state index is -0.182. The average Bonchev–Trinajstić information content (AvgIpc) is 2.91. The molecule has 0 saturated heterocycles. The van der Waals surface area contributed by atoms with Crippen molar-refractivity contribution in [3.8, 4) is 0 Å². The van der Waals surface area contributed by atoms with Crippen molar-refractivity contribution in [2.24, 2.45) is 0 Å². The summed E-state index contributed by atoms with van der Waals surface area (Å²) in [5.41, 5.74) is 1.61. The lowest BCUT2D eigenvalue weighted by Crippen LogP contribution is -2.36. The van der Waals surface area contributed by atoms with Crippen molar-refractivity contribution in [2.75, 3.05) is 6.54 Å². The minimum absolute atomic E-state index is 0.182. The minimum Gasteiger partial charge on any atom is -0.338 e. The number of carbonyl (C=O) groups excluding carboxylic acids is 1. The van der Waals surface area contributed by atoms with Gasteiger partial charge in [-0.15, -0.1) is 11.3 Å². The van der Waals surface area contributed by atoms with Crippen LogP contribution in [0.25, 0.3) is 0 Å². The third-order valence-corrected chi connectivity index (χ3v) is 3.44. The molecule has 0 unspecified atom stereocenters. The quantitative estimate of drug-likeness (QED) is 0.876. The van der Waals surface area contributed by atoms with Crippen molar-refractivity contribution in [3.05, 3.63) is 46.2 Å². The molecule has 2 amide bonds. The topological polar surface area (TPSA) is 66.9 Å².